The zero-order valence-corrected chi connectivity index (χ0v) is 12.9. The summed E-state index contributed by atoms with van der Waals surface area (Å²) < 4.78 is 1.86. The molecule has 1 atom stereocenters. The molecule has 8 nitrogen and oxygen atoms in total. The zero-order valence-electron chi connectivity index (χ0n) is 12.9. The number of carbonyl (C=O) groups excluding carboxylic acids is 3. The lowest BCUT2D eigenvalue weighted by atomic mass is 10.00. The first kappa shape index (κ1) is 14.6. The van der Waals surface area contributed by atoms with Crippen molar-refractivity contribution in [2.45, 2.75) is 26.3 Å². The van der Waals surface area contributed by atoms with Crippen LogP contribution in [0, 0.1) is 12.8 Å². The van der Waals surface area contributed by atoms with E-state index in [2.05, 4.69) is 10.2 Å². The average molecular weight is 326 g/mol. The second kappa shape index (κ2) is 5.26. The monoisotopic (exact) mass is 326 g/mol. The third-order valence-electron chi connectivity index (χ3n) is 4.40. The van der Waals surface area contributed by atoms with Gasteiger partial charge in [0.25, 0.3) is 11.8 Å². The number of nitrogens with zero attached hydrogens (tertiary/aromatic N) is 4. The Balaban J connectivity index is 1.51. The lowest BCUT2D eigenvalue weighted by Crippen LogP contribution is -2.37. The summed E-state index contributed by atoms with van der Waals surface area (Å²) in [6.07, 6.45) is 1.14. The van der Waals surface area contributed by atoms with Gasteiger partial charge in [-0.05, 0) is 25.5 Å². The van der Waals surface area contributed by atoms with Crippen LogP contribution in [0.15, 0.2) is 24.3 Å². The van der Waals surface area contributed by atoms with Crippen molar-refractivity contribution >= 4 is 17.8 Å². The Morgan fingerprint density at radius 3 is 2.50 bits per heavy atom. The van der Waals surface area contributed by atoms with Crippen LogP contribution in [-0.4, -0.2) is 37.6 Å². The molecule has 0 saturated heterocycles. The van der Waals surface area contributed by atoms with Crippen LogP contribution in [-0.2, 0) is 22.6 Å². The molecule has 2 aliphatic heterocycles. The average Bonchev–Trinajstić information content (AvgIpc) is 3.08. The van der Waals surface area contributed by atoms with Crippen LogP contribution < -0.4 is 0 Å². The number of fused-ring (bicyclic) bond motifs is 2. The van der Waals surface area contributed by atoms with Crippen molar-refractivity contribution < 1.29 is 19.2 Å². The first-order valence-electron chi connectivity index (χ1n) is 7.64. The number of hydrogen-bond donors (Lipinski definition) is 0. The summed E-state index contributed by atoms with van der Waals surface area (Å²) in [6, 6.07) is 6.40. The fourth-order valence-corrected chi connectivity index (χ4v) is 3.07. The molecule has 2 amide bonds. The standard InChI is InChI=1S/C16H14N4O4/c1-9-17-18-13-7-6-10(8-19(9)13)16(23)24-20-14(21)11-4-2-3-5-12(11)15(20)22/h2-5,10H,6-8H2,1H3. The minimum Gasteiger partial charge on any atom is -0.329 e. The molecule has 0 bridgehead atoms. The van der Waals surface area contributed by atoms with Crippen molar-refractivity contribution in [2.75, 3.05) is 0 Å². The van der Waals surface area contributed by atoms with Crippen molar-refractivity contribution in [2.24, 2.45) is 5.92 Å². The van der Waals surface area contributed by atoms with Gasteiger partial charge < -0.3 is 9.40 Å². The van der Waals surface area contributed by atoms with E-state index in [0.717, 1.165) is 11.6 Å². The Hall–Kier alpha value is -3.03. The molecule has 0 fully saturated rings. The van der Waals surface area contributed by atoms with E-state index < -0.39 is 23.7 Å². The molecule has 0 aliphatic carbocycles. The van der Waals surface area contributed by atoms with E-state index in [4.69, 9.17) is 4.84 Å². The Kier molecular flexibility index (Phi) is 3.19. The molecular formula is C16H14N4O4. The quantitative estimate of drug-likeness (QED) is 0.761. The number of hydrogen-bond acceptors (Lipinski definition) is 6. The van der Waals surface area contributed by atoms with Gasteiger partial charge in [-0.15, -0.1) is 10.2 Å². The van der Waals surface area contributed by atoms with Crippen molar-refractivity contribution in [1.82, 2.24) is 19.8 Å². The number of amides is 2. The number of aromatic nitrogens is 3. The van der Waals surface area contributed by atoms with Gasteiger partial charge >= 0.3 is 5.97 Å². The molecule has 122 valence electrons. The van der Waals surface area contributed by atoms with Crippen molar-refractivity contribution in [3.05, 3.63) is 47.0 Å². The highest BCUT2D eigenvalue weighted by atomic mass is 16.7. The topological polar surface area (TPSA) is 94.4 Å². The van der Waals surface area contributed by atoms with E-state index in [0.29, 0.717) is 24.4 Å². The van der Waals surface area contributed by atoms with Gasteiger partial charge in [0.05, 0.1) is 17.0 Å². The lowest BCUT2D eigenvalue weighted by molar-refractivity contribution is -0.174. The van der Waals surface area contributed by atoms with Crippen LogP contribution in [0.25, 0.3) is 0 Å². The summed E-state index contributed by atoms with van der Waals surface area (Å²) >= 11 is 0. The normalized spacial score (nSPS) is 19.2. The molecular weight excluding hydrogens is 312 g/mol. The Bertz CT molecular complexity index is 838. The Labute approximate surface area is 137 Å². The number of rotatable bonds is 2. The van der Waals surface area contributed by atoms with Crippen LogP contribution in [0.5, 0.6) is 0 Å². The molecule has 0 radical (unpaired) electrons. The van der Waals surface area contributed by atoms with Gasteiger partial charge in [-0.25, -0.2) is 4.79 Å². The maximum absolute atomic E-state index is 12.4. The Morgan fingerprint density at radius 2 is 1.83 bits per heavy atom. The molecule has 1 aromatic heterocycles. The highest BCUT2D eigenvalue weighted by molar-refractivity contribution is 6.20. The first-order chi connectivity index (χ1) is 11.6. The third kappa shape index (κ3) is 2.10. The number of carbonyl (C=O) groups is 3. The van der Waals surface area contributed by atoms with Crippen LogP contribution in [0.4, 0.5) is 0 Å². The van der Waals surface area contributed by atoms with Gasteiger partial charge in [0.15, 0.2) is 0 Å². The fraction of sp³-hybridized carbons (Fsp3) is 0.312. The largest absolute Gasteiger partial charge is 0.338 e. The summed E-state index contributed by atoms with van der Waals surface area (Å²) in [5.74, 6) is -0.706. The van der Waals surface area contributed by atoms with Gasteiger partial charge in [-0.3, -0.25) is 9.59 Å². The molecule has 0 spiro atoms. The van der Waals surface area contributed by atoms with Gasteiger partial charge in [-0.2, -0.15) is 0 Å². The molecule has 3 heterocycles. The predicted octanol–water partition coefficient (Wildman–Crippen LogP) is 0.903. The van der Waals surface area contributed by atoms with Crippen molar-refractivity contribution in [3.63, 3.8) is 0 Å². The second-order valence-corrected chi connectivity index (χ2v) is 5.87. The maximum Gasteiger partial charge on any atom is 0.338 e. The number of aryl methyl sites for hydroxylation is 2. The summed E-state index contributed by atoms with van der Waals surface area (Å²) in [5, 5.41) is 8.59. The number of hydroxylamine groups is 2. The first-order valence-corrected chi connectivity index (χ1v) is 7.64. The highest BCUT2D eigenvalue weighted by Gasteiger charge is 2.40. The predicted molar refractivity (Wildman–Crippen MR) is 79.6 cm³/mol. The van der Waals surface area contributed by atoms with Crippen LogP contribution in [0.1, 0.15) is 38.8 Å². The highest BCUT2D eigenvalue weighted by Crippen LogP contribution is 2.25. The van der Waals surface area contributed by atoms with Crippen molar-refractivity contribution in [3.8, 4) is 0 Å². The summed E-state index contributed by atoms with van der Waals surface area (Å²) in [5.41, 5.74) is 0.492. The molecule has 0 N–H and O–H groups in total. The molecule has 1 aromatic carbocycles. The fourth-order valence-electron chi connectivity index (χ4n) is 3.07. The van der Waals surface area contributed by atoms with E-state index in [1.54, 1.807) is 12.1 Å². The van der Waals surface area contributed by atoms with Crippen molar-refractivity contribution in [1.29, 1.82) is 0 Å². The zero-order chi connectivity index (χ0) is 16.8. The molecule has 8 heteroatoms. The van der Waals surface area contributed by atoms with Gasteiger partial charge in [0.1, 0.15) is 11.6 Å². The minimum atomic E-state index is -0.610. The van der Waals surface area contributed by atoms with Crippen LogP contribution >= 0.6 is 0 Å². The van der Waals surface area contributed by atoms with Gasteiger partial charge in [0.2, 0.25) is 0 Å². The summed E-state index contributed by atoms with van der Waals surface area (Å²) in [4.78, 5) is 42.0. The van der Waals surface area contributed by atoms with E-state index >= 15 is 0 Å². The SMILES string of the molecule is Cc1nnc2n1CC(C(=O)ON1C(=O)c3ccccc3C1=O)CC2. The van der Waals surface area contributed by atoms with Crippen LogP contribution in [0.3, 0.4) is 0 Å². The van der Waals surface area contributed by atoms with Crippen LogP contribution in [0.2, 0.25) is 0 Å². The van der Waals surface area contributed by atoms with E-state index in [1.807, 2.05) is 11.5 Å². The molecule has 2 aromatic rings. The molecule has 1 unspecified atom stereocenters. The summed E-state index contributed by atoms with van der Waals surface area (Å²) in [6.45, 7) is 2.20. The number of benzene rings is 1. The van der Waals surface area contributed by atoms with E-state index in [1.165, 1.54) is 12.1 Å². The number of imide groups is 1. The second-order valence-electron chi connectivity index (χ2n) is 5.87. The molecule has 0 saturated carbocycles. The molecule has 4 rings (SSSR count). The molecule has 24 heavy (non-hydrogen) atoms. The minimum absolute atomic E-state index is 0.246. The maximum atomic E-state index is 12.4. The van der Waals surface area contributed by atoms with E-state index in [-0.39, 0.29) is 11.1 Å². The summed E-state index contributed by atoms with van der Waals surface area (Å²) in [7, 11) is 0. The molecule has 2 aliphatic rings. The third-order valence-corrected chi connectivity index (χ3v) is 4.40. The smallest absolute Gasteiger partial charge is 0.329 e. The van der Waals surface area contributed by atoms with E-state index in [9.17, 15) is 14.4 Å². The van der Waals surface area contributed by atoms with Gasteiger partial charge in [-0.1, -0.05) is 17.2 Å². The van der Waals surface area contributed by atoms with Gasteiger partial charge in [0, 0.05) is 13.0 Å². The Morgan fingerprint density at radius 1 is 1.17 bits per heavy atom. The lowest BCUT2D eigenvalue weighted by Gasteiger charge is -2.23.